The molecule has 8 nitrogen and oxygen atoms in total. The minimum Gasteiger partial charge on any atom is -0.507 e. The fourth-order valence-electron chi connectivity index (χ4n) is 3.54. The molecule has 1 aliphatic rings. The number of nitrogens with zero attached hydrogens (tertiary/aromatic N) is 2. The Morgan fingerprint density at radius 3 is 2.70 bits per heavy atom. The van der Waals surface area contributed by atoms with Gasteiger partial charge in [0.2, 0.25) is 0 Å². The molecule has 1 N–H and O–H groups in total. The molecule has 1 aliphatic heterocycles. The van der Waals surface area contributed by atoms with Gasteiger partial charge >= 0.3 is 11.9 Å². The number of rotatable bonds is 6. The Bertz CT molecular complexity index is 1260. The molecule has 3 aromatic rings. The van der Waals surface area contributed by atoms with Gasteiger partial charge in [-0.25, -0.2) is 9.78 Å². The molecular formula is C23H20N2O6S2. The molecule has 1 atom stereocenters. The van der Waals surface area contributed by atoms with Crippen LogP contribution >= 0.6 is 22.7 Å². The predicted molar refractivity (Wildman–Crippen MR) is 125 cm³/mol. The van der Waals surface area contributed by atoms with Crippen LogP contribution in [0.1, 0.15) is 38.8 Å². The summed E-state index contributed by atoms with van der Waals surface area (Å²) in [5, 5.41) is 13.1. The number of esters is 1. The first-order valence-corrected chi connectivity index (χ1v) is 11.7. The van der Waals surface area contributed by atoms with Crippen molar-refractivity contribution in [3.8, 4) is 5.75 Å². The number of ketones is 1. The quantitative estimate of drug-likeness (QED) is 0.240. The maximum absolute atomic E-state index is 13.2. The molecule has 1 saturated heterocycles. The van der Waals surface area contributed by atoms with Gasteiger partial charge in [0.1, 0.15) is 22.4 Å². The molecule has 1 amide bonds. The lowest BCUT2D eigenvalue weighted by atomic mass is 10.00. The number of hydrogen-bond donors (Lipinski definition) is 1. The van der Waals surface area contributed by atoms with E-state index in [1.54, 1.807) is 50.2 Å². The second-order valence-electron chi connectivity index (χ2n) is 7.05. The van der Waals surface area contributed by atoms with Crippen LogP contribution in [0.4, 0.5) is 5.13 Å². The van der Waals surface area contributed by atoms with Crippen LogP contribution in [-0.2, 0) is 14.3 Å². The molecule has 1 fully saturated rings. The van der Waals surface area contributed by atoms with Crippen molar-refractivity contribution < 1.29 is 29.0 Å². The number of Topliss-reactive ketones (excluding diaryl/α,β-unsaturated/α-hetero) is 1. The minimum absolute atomic E-state index is 0.0544. The number of thiazole rings is 1. The molecule has 4 rings (SSSR count). The summed E-state index contributed by atoms with van der Waals surface area (Å²) < 4.78 is 10.3. The van der Waals surface area contributed by atoms with Gasteiger partial charge in [-0.15, -0.1) is 11.3 Å². The van der Waals surface area contributed by atoms with E-state index in [9.17, 15) is 19.5 Å². The molecule has 3 heterocycles. The number of benzene rings is 1. The van der Waals surface area contributed by atoms with Crippen molar-refractivity contribution in [1.82, 2.24) is 4.98 Å². The van der Waals surface area contributed by atoms with Gasteiger partial charge in [0.25, 0.3) is 5.78 Å². The number of amides is 1. The van der Waals surface area contributed by atoms with Gasteiger partial charge in [-0.1, -0.05) is 29.5 Å². The summed E-state index contributed by atoms with van der Waals surface area (Å²) in [7, 11) is 1.50. The zero-order chi connectivity index (χ0) is 23.7. The number of carbonyl (C=O) groups excluding carboxylic acids is 3. The SMILES string of the molecule is CCOC(=O)c1sc(N2C(=O)C(=O)C(=C(O)c3cccc(OC)c3)C2c2cccs2)nc1C. The maximum Gasteiger partial charge on any atom is 0.350 e. The minimum atomic E-state index is -0.892. The molecule has 0 radical (unpaired) electrons. The fourth-order valence-corrected chi connectivity index (χ4v) is 5.35. The van der Waals surface area contributed by atoms with Crippen LogP contribution in [0.3, 0.4) is 0 Å². The largest absolute Gasteiger partial charge is 0.507 e. The molecule has 0 saturated carbocycles. The second kappa shape index (κ2) is 9.16. The standard InChI is InChI=1S/C23H20N2O6S2/c1-4-31-22(29)20-12(2)24-23(33-20)25-17(15-9-6-10-32-15)16(19(27)21(25)28)18(26)13-7-5-8-14(11-13)30-3/h5-11,17,26H,4H2,1-3H3. The number of aliphatic hydroxyl groups excluding tert-OH is 1. The monoisotopic (exact) mass is 484 g/mol. The molecule has 1 aromatic carbocycles. The van der Waals surface area contributed by atoms with E-state index >= 15 is 0 Å². The highest BCUT2D eigenvalue weighted by Crippen LogP contribution is 2.45. The number of aryl methyl sites for hydroxylation is 1. The fraction of sp³-hybridized carbons (Fsp3) is 0.217. The third-order valence-electron chi connectivity index (χ3n) is 5.05. The van der Waals surface area contributed by atoms with Crippen molar-refractivity contribution >= 4 is 51.2 Å². The van der Waals surface area contributed by atoms with Gasteiger partial charge in [-0.3, -0.25) is 14.5 Å². The van der Waals surface area contributed by atoms with Crippen molar-refractivity contribution in [2.24, 2.45) is 0 Å². The lowest BCUT2D eigenvalue weighted by Crippen LogP contribution is -2.29. The summed E-state index contributed by atoms with van der Waals surface area (Å²) in [6.45, 7) is 3.54. The summed E-state index contributed by atoms with van der Waals surface area (Å²) in [4.78, 5) is 45.1. The van der Waals surface area contributed by atoms with Gasteiger partial charge < -0.3 is 14.6 Å². The summed E-state index contributed by atoms with van der Waals surface area (Å²) in [6.07, 6.45) is 0. The normalized spacial score (nSPS) is 17.4. The van der Waals surface area contributed by atoms with Crippen molar-refractivity contribution in [1.29, 1.82) is 0 Å². The smallest absolute Gasteiger partial charge is 0.350 e. The third kappa shape index (κ3) is 4.03. The number of thiophene rings is 1. The average molecular weight is 485 g/mol. The Morgan fingerprint density at radius 2 is 2.03 bits per heavy atom. The van der Waals surface area contributed by atoms with Crippen LogP contribution in [0.25, 0.3) is 5.76 Å². The van der Waals surface area contributed by atoms with E-state index in [0.29, 0.717) is 21.9 Å². The summed E-state index contributed by atoms with van der Waals surface area (Å²) >= 11 is 2.32. The molecule has 10 heteroatoms. The van der Waals surface area contributed by atoms with E-state index in [-0.39, 0.29) is 27.9 Å². The predicted octanol–water partition coefficient (Wildman–Crippen LogP) is 4.32. The van der Waals surface area contributed by atoms with Crippen LogP contribution in [0, 0.1) is 6.92 Å². The molecule has 170 valence electrons. The van der Waals surface area contributed by atoms with Crippen molar-refractivity contribution in [3.63, 3.8) is 0 Å². The van der Waals surface area contributed by atoms with E-state index < -0.39 is 23.7 Å². The number of anilines is 1. The second-order valence-corrected chi connectivity index (χ2v) is 9.00. The average Bonchev–Trinajstić information content (AvgIpc) is 3.53. The molecular weight excluding hydrogens is 464 g/mol. The number of hydrogen-bond acceptors (Lipinski definition) is 9. The van der Waals surface area contributed by atoms with Gasteiger partial charge in [0.15, 0.2) is 5.13 Å². The van der Waals surface area contributed by atoms with Crippen molar-refractivity contribution in [2.75, 3.05) is 18.6 Å². The zero-order valence-corrected chi connectivity index (χ0v) is 19.7. The van der Waals surface area contributed by atoms with Crippen LogP contribution in [0.5, 0.6) is 5.75 Å². The van der Waals surface area contributed by atoms with Gasteiger partial charge in [0.05, 0.1) is 25.0 Å². The van der Waals surface area contributed by atoms with Crippen LogP contribution in [-0.4, -0.2) is 41.5 Å². The lowest BCUT2D eigenvalue weighted by molar-refractivity contribution is -0.132. The van der Waals surface area contributed by atoms with E-state index in [1.807, 2.05) is 5.38 Å². The summed E-state index contributed by atoms with van der Waals surface area (Å²) in [6, 6.07) is 9.28. The molecule has 33 heavy (non-hydrogen) atoms. The number of aliphatic hydroxyl groups is 1. The van der Waals surface area contributed by atoms with Crippen molar-refractivity contribution in [3.05, 3.63) is 68.4 Å². The van der Waals surface area contributed by atoms with Crippen molar-refractivity contribution in [2.45, 2.75) is 19.9 Å². The Hall–Kier alpha value is -3.50. The highest BCUT2D eigenvalue weighted by molar-refractivity contribution is 7.18. The Balaban J connectivity index is 1.87. The van der Waals surface area contributed by atoms with E-state index in [1.165, 1.54) is 23.3 Å². The van der Waals surface area contributed by atoms with Gasteiger partial charge in [0, 0.05) is 10.4 Å². The van der Waals surface area contributed by atoms with Crippen LogP contribution in [0.15, 0.2) is 47.4 Å². The van der Waals surface area contributed by atoms with E-state index in [0.717, 1.165) is 11.3 Å². The van der Waals surface area contributed by atoms with E-state index in [2.05, 4.69) is 4.98 Å². The van der Waals surface area contributed by atoms with Gasteiger partial charge in [-0.05, 0) is 37.4 Å². The Morgan fingerprint density at radius 1 is 1.24 bits per heavy atom. The van der Waals surface area contributed by atoms with E-state index in [4.69, 9.17) is 9.47 Å². The number of ether oxygens (including phenoxy) is 2. The summed E-state index contributed by atoms with van der Waals surface area (Å²) in [5.41, 5.74) is 0.686. The molecule has 2 aromatic heterocycles. The highest BCUT2D eigenvalue weighted by atomic mass is 32.1. The molecule has 0 spiro atoms. The van der Waals surface area contributed by atoms with Gasteiger partial charge in [-0.2, -0.15) is 0 Å². The maximum atomic E-state index is 13.2. The van der Waals surface area contributed by atoms with Crippen LogP contribution < -0.4 is 9.64 Å². The first-order chi connectivity index (χ1) is 15.9. The topological polar surface area (TPSA) is 106 Å². The Labute approximate surface area is 197 Å². The number of carbonyl (C=O) groups is 3. The number of aromatic nitrogens is 1. The lowest BCUT2D eigenvalue weighted by Gasteiger charge is -2.21. The molecule has 0 bridgehead atoms. The summed E-state index contributed by atoms with van der Waals surface area (Å²) in [5.74, 6) is -2.02. The van der Waals surface area contributed by atoms with Crippen LogP contribution in [0.2, 0.25) is 0 Å². The first kappa shape index (κ1) is 22.7. The molecule has 1 unspecified atom stereocenters. The first-order valence-electron chi connectivity index (χ1n) is 10.0. The Kier molecular flexibility index (Phi) is 6.30. The number of methoxy groups -OCH3 is 1. The molecule has 0 aliphatic carbocycles. The third-order valence-corrected chi connectivity index (χ3v) is 7.11. The zero-order valence-electron chi connectivity index (χ0n) is 18.0. The highest BCUT2D eigenvalue weighted by Gasteiger charge is 2.49.